The van der Waals surface area contributed by atoms with Gasteiger partial charge in [0.1, 0.15) is 12.9 Å². The number of aromatic nitrogens is 2. The number of amides is 1. The van der Waals surface area contributed by atoms with Crippen LogP contribution in [0.1, 0.15) is 48.0 Å². The average molecular weight is 477 g/mol. The third-order valence-electron chi connectivity index (χ3n) is 5.84. The first-order valence-corrected chi connectivity index (χ1v) is 11.7. The highest BCUT2D eigenvalue weighted by molar-refractivity contribution is 6.08. The molecule has 0 saturated carbocycles. The number of aliphatic hydroxyl groups excluding tert-OH is 1. The monoisotopic (exact) mass is 476 g/mol. The fraction of sp³-hybridized carbons (Fsp3) is 0.333. The van der Waals surface area contributed by atoms with Gasteiger partial charge in [0.15, 0.2) is 5.84 Å². The number of hydrogen-bond donors (Lipinski definition) is 2. The Labute approximate surface area is 205 Å². The Balaban J connectivity index is 1.97. The number of benzene rings is 2. The van der Waals surface area contributed by atoms with Gasteiger partial charge in [-0.25, -0.2) is 4.98 Å². The molecule has 0 aliphatic heterocycles. The van der Waals surface area contributed by atoms with E-state index in [4.69, 9.17) is 9.82 Å². The zero-order valence-electron chi connectivity index (χ0n) is 20.5. The summed E-state index contributed by atoms with van der Waals surface area (Å²) in [6.45, 7) is 4.04. The van der Waals surface area contributed by atoms with Crippen molar-refractivity contribution in [2.24, 2.45) is 5.16 Å². The van der Waals surface area contributed by atoms with Crippen molar-refractivity contribution in [2.45, 2.75) is 46.1 Å². The highest BCUT2D eigenvalue weighted by atomic mass is 16.6. The van der Waals surface area contributed by atoms with Gasteiger partial charge in [0.05, 0.1) is 18.8 Å². The van der Waals surface area contributed by atoms with Gasteiger partial charge < -0.3 is 15.3 Å². The third kappa shape index (κ3) is 6.22. The van der Waals surface area contributed by atoms with E-state index in [1.165, 1.54) is 7.11 Å². The number of carbonyl (C=O) groups is 1. The molecule has 3 aromatic rings. The summed E-state index contributed by atoms with van der Waals surface area (Å²) in [6, 6.07) is 15.5. The molecule has 2 aromatic carbocycles. The zero-order valence-corrected chi connectivity index (χ0v) is 20.5. The lowest BCUT2D eigenvalue weighted by molar-refractivity contribution is -0.108. The smallest absolute Gasteiger partial charge is 0.257 e. The SMILES string of the molecule is CCCCc1nc(C)n(CCO)c(=O)c1Cc1ccc(-c2ccccc2/C(=N/OC)NC=O)cc1. The predicted octanol–water partition coefficient (Wildman–Crippen LogP) is 3.20. The minimum Gasteiger partial charge on any atom is -0.397 e. The molecule has 0 spiro atoms. The highest BCUT2D eigenvalue weighted by Gasteiger charge is 2.16. The molecular formula is C27H32N4O4. The highest BCUT2D eigenvalue weighted by Crippen LogP contribution is 2.25. The van der Waals surface area contributed by atoms with Crippen LogP contribution in [0.25, 0.3) is 11.1 Å². The van der Waals surface area contributed by atoms with Gasteiger partial charge in [-0.05, 0) is 36.5 Å². The van der Waals surface area contributed by atoms with Crippen LogP contribution < -0.4 is 10.9 Å². The molecular weight excluding hydrogens is 444 g/mol. The minimum atomic E-state index is -0.113. The summed E-state index contributed by atoms with van der Waals surface area (Å²) >= 11 is 0. The van der Waals surface area contributed by atoms with Crippen molar-refractivity contribution in [1.29, 1.82) is 0 Å². The number of carbonyl (C=O) groups excluding carboxylic acids is 1. The van der Waals surface area contributed by atoms with Crippen LogP contribution in [0.5, 0.6) is 0 Å². The van der Waals surface area contributed by atoms with Crippen LogP contribution in [-0.4, -0.2) is 40.6 Å². The molecule has 3 rings (SSSR count). The summed E-state index contributed by atoms with van der Waals surface area (Å²) in [7, 11) is 1.42. The van der Waals surface area contributed by atoms with E-state index in [0.717, 1.165) is 47.2 Å². The molecule has 0 aliphatic rings. The van der Waals surface area contributed by atoms with Gasteiger partial charge in [-0.3, -0.25) is 14.2 Å². The van der Waals surface area contributed by atoms with Gasteiger partial charge in [-0.1, -0.05) is 67.0 Å². The molecule has 1 aromatic heterocycles. The first kappa shape index (κ1) is 25.8. The second kappa shape index (κ2) is 12.6. The van der Waals surface area contributed by atoms with E-state index in [9.17, 15) is 14.7 Å². The average Bonchev–Trinajstić information content (AvgIpc) is 2.87. The van der Waals surface area contributed by atoms with E-state index in [-0.39, 0.29) is 18.7 Å². The molecule has 0 radical (unpaired) electrons. The van der Waals surface area contributed by atoms with Gasteiger partial charge in [0, 0.05) is 17.5 Å². The Morgan fingerprint density at radius 1 is 1.20 bits per heavy atom. The van der Waals surface area contributed by atoms with E-state index in [2.05, 4.69) is 17.4 Å². The van der Waals surface area contributed by atoms with Crippen LogP contribution in [0.4, 0.5) is 0 Å². The Morgan fingerprint density at radius 3 is 2.60 bits per heavy atom. The van der Waals surface area contributed by atoms with E-state index < -0.39 is 0 Å². The summed E-state index contributed by atoms with van der Waals surface area (Å²) in [4.78, 5) is 33.9. The molecule has 8 nitrogen and oxygen atoms in total. The molecule has 0 saturated heterocycles. The van der Waals surface area contributed by atoms with E-state index in [0.29, 0.717) is 30.1 Å². The number of nitrogens with zero attached hydrogens (tertiary/aromatic N) is 3. The Kier molecular flexibility index (Phi) is 9.31. The van der Waals surface area contributed by atoms with Crippen molar-refractivity contribution >= 4 is 12.2 Å². The molecule has 0 aliphatic carbocycles. The third-order valence-corrected chi connectivity index (χ3v) is 5.84. The molecule has 0 unspecified atom stereocenters. The van der Waals surface area contributed by atoms with Crippen LogP contribution in [-0.2, 0) is 29.0 Å². The lowest BCUT2D eigenvalue weighted by Crippen LogP contribution is -2.30. The topological polar surface area (TPSA) is 106 Å². The van der Waals surface area contributed by atoms with Crippen molar-refractivity contribution in [3.8, 4) is 11.1 Å². The molecule has 1 amide bonds. The maximum atomic E-state index is 13.3. The first-order valence-electron chi connectivity index (χ1n) is 11.7. The van der Waals surface area contributed by atoms with Crippen molar-refractivity contribution in [3.63, 3.8) is 0 Å². The maximum Gasteiger partial charge on any atom is 0.257 e. The number of rotatable bonds is 11. The number of amidine groups is 1. The minimum absolute atomic E-state index is 0.0903. The van der Waals surface area contributed by atoms with E-state index >= 15 is 0 Å². The second-order valence-corrected chi connectivity index (χ2v) is 8.17. The standard InChI is InChI=1S/C27H32N4O4/c1-4-5-10-25-24(27(34)31(15-16-32)19(2)29-25)17-20-11-13-21(14-12-20)22-8-6-7-9-23(22)26(28-18-33)30-35-3/h6-9,11-14,18,32H,4-5,10,15-17H2,1-3H3,(H,28,30,33). The van der Waals surface area contributed by atoms with Gasteiger partial charge in [0.25, 0.3) is 5.56 Å². The van der Waals surface area contributed by atoms with Crippen LogP contribution in [0.2, 0.25) is 0 Å². The lowest BCUT2D eigenvalue weighted by atomic mass is 9.96. The zero-order chi connectivity index (χ0) is 25.2. The fourth-order valence-electron chi connectivity index (χ4n) is 4.10. The van der Waals surface area contributed by atoms with Crippen molar-refractivity contribution in [3.05, 3.63) is 87.1 Å². The Bertz CT molecular complexity index is 1230. The van der Waals surface area contributed by atoms with E-state index in [1.807, 2.05) is 55.5 Å². The summed E-state index contributed by atoms with van der Waals surface area (Å²) in [5.74, 6) is 0.946. The van der Waals surface area contributed by atoms with Gasteiger partial charge in [-0.2, -0.15) is 0 Å². The summed E-state index contributed by atoms with van der Waals surface area (Å²) < 4.78 is 1.55. The quantitative estimate of drug-likeness (QED) is 0.191. The molecule has 2 N–H and O–H groups in total. The molecule has 0 fully saturated rings. The number of nitrogens with one attached hydrogen (secondary N) is 1. The number of aliphatic hydroxyl groups is 1. The van der Waals surface area contributed by atoms with E-state index in [1.54, 1.807) is 4.57 Å². The van der Waals surface area contributed by atoms with Crippen LogP contribution in [0.3, 0.4) is 0 Å². The van der Waals surface area contributed by atoms with Gasteiger partial charge >= 0.3 is 0 Å². The Hall–Kier alpha value is -3.78. The summed E-state index contributed by atoms with van der Waals surface area (Å²) in [6.07, 6.45) is 3.74. The van der Waals surface area contributed by atoms with Gasteiger partial charge in [-0.15, -0.1) is 0 Å². The lowest BCUT2D eigenvalue weighted by Gasteiger charge is -2.15. The number of aryl methyl sites for hydroxylation is 2. The molecule has 0 bridgehead atoms. The molecule has 1 heterocycles. The molecule has 184 valence electrons. The predicted molar refractivity (Wildman–Crippen MR) is 136 cm³/mol. The van der Waals surface area contributed by atoms with Crippen LogP contribution in [0, 0.1) is 6.92 Å². The van der Waals surface area contributed by atoms with Crippen LogP contribution in [0.15, 0.2) is 58.5 Å². The molecule has 35 heavy (non-hydrogen) atoms. The van der Waals surface area contributed by atoms with Crippen molar-refractivity contribution in [2.75, 3.05) is 13.7 Å². The number of unbranched alkanes of at least 4 members (excludes halogenated alkanes) is 1. The fourth-order valence-corrected chi connectivity index (χ4v) is 4.10. The maximum absolute atomic E-state index is 13.3. The Morgan fingerprint density at radius 2 is 1.94 bits per heavy atom. The summed E-state index contributed by atoms with van der Waals surface area (Å²) in [5, 5.41) is 15.9. The normalized spacial score (nSPS) is 11.4. The van der Waals surface area contributed by atoms with Crippen molar-refractivity contribution < 1.29 is 14.7 Å². The van der Waals surface area contributed by atoms with Crippen molar-refractivity contribution in [1.82, 2.24) is 14.9 Å². The van der Waals surface area contributed by atoms with Gasteiger partial charge in [0.2, 0.25) is 6.41 Å². The molecule has 0 atom stereocenters. The first-order chi connectivity index (χ1) is 17.0. The summed E-state index contributed by atoms with van der Waals surface area (Å²) in [5.41, 5.74) is 4.95. The molecule has 8 heteroatoms. The largest absolute Gasteiger partial charge is 0.397 e. The second-order valence-electron chi connectivity index (χ2n) is 8.17. The number of oxime groups is 1. The number of hydrogen-bond acceptors (Lipinski definition) is 6. The van der Waals surface area contributed by atoms with Crippen LogP contribution >= 0.6 is 0 Å².